The predicted octanol–water partition coefficient (Wildman–Crippen LogP) is 4.17. The summed E-state index contributed by atoms with van der Waals surface area (Å²) in [6.45, 7) is 9.68. The van der Waals surface area contributed by atoms with Crippen LogP contribution in [0.5, 0.6) is 0 Å². The lowest BCUT2D eigenvalue weighted by Gasteiger charge is -2.34. The van der Waals surface area contributed by atoms with Gasteiger partial charge in [0.1, 0.15) is 0 Å². The summed E-state index contributed by atoms with van der Waals surface area (Å²) in [6, 6.07) is 6.98. The van der Waals surface area contributed by atoms with Crippen molar-refractivity contribution < 1.29 is 0 Å². The minimum Gasteiger partial charge on any atom is -0.368 e. The molecule has 0 bridgehead atoms. The first-order valence-corrected chi connectivity index (χ1v) is 8.91. The van der Waals surface area contributed by atoms with Crippen molar-refractivity contribution in [2.75, 3.05) is 23.7 Å². The molecule has 20 heavy (non-hydrogen) atoms. The Bertz CT molecular complexity index is 436. The van der Waals surface area contributed by atoms with Crippen LogP contribution >= 0.6 is 23.4 Å². The van der Waals surface area contributed by atoms with Crippen LogP contribution in [0.3, 0.4) is 0 Å². The number of halogens is 1. The molecule has 112 valence electrons. The van der Waals surface area contributed by atoms with Crippen LogP contribution in [0.1, 0.15) is 32.8 Å². The van der Waals surface area contributed by atoms with E-state index in [1.807, 2.05) is 0 Å². The number of hydrogen-bond acceptors (Lipinski definition) is 3. The van der Waals surface area contributed by atoms with E-state index in [4.69, 9.17) is 11.6 Å². The maximum atomic E-state index is 6.49. The summed E-state index contributed by atoms with van der Waals surface area (Å²) in [5.74, 6) is 1.20. The van der Waals surface area contributed by atoms with E-state index in [1.165, 1.54) is 23.4 Å². The summed E-state index contributed by atoms with van der Waals surface area (Å²) in [5, 5.41) is 5.05. The molecule has 1 aromatic carbocycles. The first kappa shape index (κ1) is 16.0. The van der Waals surface area contributed by atoms with E-state index in [0.29, 0.717) is 6.04 Å². The number of hydrogen-bond donors (Lipinski definition) is 1. The Labute approximate surface area is 132 Å². The van der Waals surface area contributed by atoms with Crippen molar-refractivity contribution in [3.63, 3.8) is 0 Å². The molecule has 1 fully saturated rings. The maximum absolute atomic E-state index is 6.49. The molecule has 0 amide bonds. The average molecular weight is 313 g/mol. The summed E-state index contributed by atoms with van der Waals surface area (Å²) in [4.78, 5) is 2.44. The van der Waals surface area contributed by atoms with Gasteiger partial charge in [-0.1, -0.05) is 38.4 Å². The zero-order valence-corrected chi connectivity index (χ0v) is 14.2. The Morgan fingerprint density at radius 1 is 1.45 bits per heavy atom. The van der Waals surface area contributed by atoms with Crippen LogP contribution in [0, 0.1) is 0 Å². The zero-order chi connectivity index (χ0) is 14.5. The van der Waals surface area contributed by atoms with Crippen molar-refractivity contribution in [2.24, 2.45) is 0 Å². The van der Waals surface area contributed by atoms with Gasteiger partial charge in [0.2, 0.25) is 0 Å². The molecule has 1 atom stereocenters. The molecule has 4 heteroatoms. The minimum atomic E-state index is 0.498. The molecule has 1 heterocycles. The lowest BCUT2D eigenvalue weighted by atomic mass is 10.1. The van der Waals surface area contributed by atoms with Gasteiger partial charge in [-0.25, -0.2) is 0 Å². The van der Waals surface area contributed by atoms with E-state index >= 15 is 0 Å². The van der Waals surface area contributed by atoms with E-state index in [1.54, 1.807) is 0 Å². The number of rotatable bonds is 5. The van der Waals surface area contributed by atoms with E-state index in [9.17, 15) is 0 Å². The second-order valence-corrected chi connectivity index (χ2v) is 7.48. The standard InChI is InChI=1S/C16H25ClN2S/c1-4-14-11-19(7-8-20-14)16-6-5-13(9-15(16)17)10-18-12(2)3/h5-6,9,12,14,18H,4,7-8,10-11H2,1-3H3. The van der Waals surface area contributed by atoms with Crippen molar-refractivity contribution >= 4 is 29.1 Å². The first-order valence-electron chi connectivity index (χ1n) is 7.48. The zero-order valence-electron chi connectivity index (χ0n) is 12.7. The third kappa shape index (κ3) is 4.31. The Kier molecular flexibility index (Phi) is 6.06. The van der Waals surface area contributed by atoms with Crippen LogP contribution in [0.2, 0.25) is 5.02 Å². The molecule has 1 saturated heterocycles. The lowest BCUT2D eigenvalue weighted by Crippen LogP contribution is -2.37. The van der Waals surface area contributed by atoms with Gasteiger partial charge in [-0.15, -0.1) is 0 Å². The van der Waals surface area contributed by atoms with Crippen LogP contribution in [-0.4, -0.2) is 30.1 Å². The van der Waals surface area contributed by atoms with Crippen molar-refractivity contribution in [3.8, 4) is 0 Å². The van der Waals surface area contributed by atoms with Crippen molar-refractivity contribution in [1.29, 1.82) is 0 Å². The molecule has 0 aliphatic carbocycles. The van der Waals surface area contributed by atoms with Crippen molar-refractivity contribution in [3.05, 3.63) is 28.8 Å². The summed E-state index contributed by atoms with van der Waals surface area (Å²) in [7, 11) is 0. The largest absolute Gasteiger partial charge is 0.368 e. The highest BCUT2D eigenvalue weighted by Gasteiger charge is 2.20. The molecule has 1 N–H and O–H groups in total. The topological polar surface area (TPSA) is 15.3 Å². The Hall–Kier alpha value is -0.380. The van der Waals surface area contributed by atoms with Crippen LogP contribution in [0.25, 0.3) is 0 Å². The maximum Gasteiger partial charge on any atom is 0.0642 e. The van der Waals surface area contributed by atoms with Crippen LogP contribution in [0.4, 0.5) is 5.69 Å². The van der Waals surface area contributed by atoms with Gasteiger partial charge in [-0.05, 0) is 24.1 Å². The molecule has 2 rings (SSSR count). The Morgan fingerprint density at radius 3 is 2.90 bits per heavy atom. The highest BCUT2D eigenvalue weighted by Crippen LogP contribution is 2.31. The van der Waals surface area contributed by atoms with E-state index in [2.05, 4.69) is 60.9 Å². The van der Waals surface area contributed by atoms with Gasteiger partial charge in [-0.2, -0.15) is 11.8 Å². The van der Waals surface area contributed by atoms with Crippen LogP contribution in [-0.2, 0) is 6.54 Å². The molecular formula is C16H25ClN2S. The highest BCUT2D eigenvalue weighted by molar-refractivity contribution is 8.00. The highest BCUT2D eigenvalue weighted by atomic mass is 35.5. The monoisotopic (exact) mass is 312 g/mol. The van der Waals surface area contributed by atoms with Crippen LogP contribution < -0.4 is 10.2 Å². The quantitative estimate of drug-likeness (QED) is 0.878. The van der Waals surface area contributed by atoms with Gasteiger partial charge < -0.3 is 10.2 Å². The second kappa shape index (κ2) is 7.58. The predicted molar refractivity (Wildman–Crippen MR) is 92.2 cm³/mol. The average Bonchev–Trinajstić information content (AvgIpc) is 2.45. The van der Waals surface area contributed by atoms with E-state index in [-0.39, 0.29) is 0 Å². The fourth-order valence-corrected chi connectivity index (χ4v) is 3.93. The van der Waals surface area contributed by atoms with E-state index in [0.717, 1.165) is 29.9 Å². The van der Waals surface area contributed by atoms with Crippen LogP contribution in [0.15, 0.2) is 18.2 Å². The number of benzene rings is 1. The molecule has 0 saturated carbocycles. The summed E-state index contributed by atoms with van der Waals surface area (Å²) in [5.41, 5.74) is 2.45. The SMILES string of the molecule is CCC1CN(c2ccc(CNC(C)C)cc2Cl)CCS1. The molecule has 2 nitrogen and oxygen atoms in total. The summed E-state index contributed by atoms with van der Waals surface area (Å²) in [6.07, 6.45) is 1.23. The molecular weight excluding hydrogens is 288 g/mol. The fraction of sp³-hybridized carbons (Fsp3) is 0.625. The fourth-order valence-electron chi connectivity index (χ4n) is 2.42. The van der Waals surface area contributed by atoms with Gasteiger partial charge in [-0.3, -0.25) is 0 Å². The molecule has 1 aliphatic rings. The minimum absolute atomic E-state index is 0.498. The number of nitrogens with one attached hydrogen (secondary N) is 1. The van der Waals surface area contributed by atoms with Gasteiger partial charge >= 0.3 is 0 Å². The van der Waals surface area contributed by atoms with Crippen molar-refractivity contribution in [1.82, 2.24) is 5.32 Å². The molecule has 1 aliphatic heterocycles. The molecule has 0 spiro atoms. The van der Waals surface area contributed by atoms with Gasteiger partial charge in [0, 0.05) is 36.7 Å². The molecule has 0 radical (unpaired) electrons. The summed E-state index contributed by atoms with van der Waals surface area (Å²) < 4.78 is 0. The third-order valence-corrected chi connectivity index (χ3v) is 5.34. The smallest absolute Gasteiger partial charge is 0.0642 e. The molecule has 1 aromatic rings. The molecule has 1 unspecified atom stereocenters. The Morgan fingerprint density at radius 2 is 2.25 bits per heavy atom. The number of thioether (sulfide) groups is 1. The third-order valence-electron chi connectivity index (χ3n) is 3.66. The van der Waals surface area contributed by atoms with Gasteiger partial charge in [0.25, 0.3) is 0 Å². The second-order valence-electron chi connectivity index (χ2n) is 5.67. The first-order chi connectivity index (χ1) is 9.60. The summed E-state index contributed by atoms with van der Waals surface area (Å²) >= 11 is 8.58. The van der Waals surface area contributed by atoms with Gasteiger partial charge in [0.15, 0.2) is 0 Å². The van der Waals surface area contributed by atoms with Crippen molar-refractivity contribution in [2.45, 2.75) is 45.0 Å². The Balaban J connectivity index is 2.05. The number of nitrogens with zero attached hydrogens (tertiary/aromatic N) is 1. The van der Waals surface area contributed by atoms with Gasteiger partial charge in [0.05, 0.1) is 10.7 Å². The van der Waals surface area contributed by atoms with E-state index < -0.39 is 0 Å². The lowest BCUT2D eigenvalue weighted by molar-refractivity contribution is 0.589. The normalized spacial score (nSPS) is 19.6. The number of anilines is 1. The molecule has 0 aromatic heterocycles.